The third kappa shape index (κ3) is 8.82. The number of amides is 2. The monoisotopic (exact) mass is 625 g/mol. The first-order valence-electron chi connectivity index (χ1n) is 15.4. The number of sulfonamides is 1. The summed E-state index contributed by atoms with van der Waals surface area (Å²) < 4.78 is 29.5. The second-order valence-corrected chi connectivity index (χ2v) is 13.3. The van der Waals surface area contributed by atoms with E-state index < -0.39 is 28.5 Å². The molecule has 0 unspecified atom stereocenters. The summed E-state index contributed by atoms with van der Waals surface area (Å²) in [5.74, 6) is -0.738. The number of hydrogen-bond acceptors (Lipinski definition) is 4. The van der Waals surface area contributed by atoms with E-state index in [-0.39, 0.29) is 23.8 Å². The number of anilines is 1. The van der Waals surface area contributed by atoms with Gasteiger partial charge in [0.25, 0.3) is 10.0 Å². The van der Waals surface area contributed by atoms with E-state index in [0.717, 1.165) is 40.7 Å². The van der Waals surface area contributed by atoms with Gasteiger partial charge in [-0.3, -0.25) is 13.9 Å². The number of unbranched alkanes of at least 4 members (excludes halogenated alkanes) is 1. The molecule has 0 saturated carbocycles. The molecule has 8 heteroatoms. The van der Waals surface area contributed by atoms with Crippen LogP contribution in [0.2, 0.25) is 0 Å². The first-order valence-corrected chi connectivity index (χ1v) is 16.9. The lowest BCUT2D eigenvalue weighted by Gasteiger charge is -2.34. The van der Waals surface area contributed by atoms with Crippen LogP contribution in [0.5, 0.6) is 0 Å². The first-order chi connectivity index (χ1) is 21.6. The Hall–Kier alpha value is -4.43. The number of rotatable bonds is 14. The molecule has 7 nitrogen and oxygen atoms in total. The zero-order valence-corrected chi connectivity index (χ0v) is 27.4. The zero-order chi connectivity index (χ0) is 32.4. The SMILES string of the molecule is CCCCNC(=O)[C@@H](Cc1ccccc1)N(Cc1ccc(C)cc1)C(=O)CN(c1ccc(C)cc1C)S(=O)(=O)c1ccccc1. The van der Waals surface area contributed by atoms with E-state index in [9.17, 15) is 18.0 Å². The summed E-state index contributed by atoms with van der Waals surface area (Å²) in [7, 11) is -4.13. The lowest BCUT2D eigenvalue weighted by Crippen LogP contribution is -2.53. The molecule has 4 aromatic rings. The van der Waals surface area contributed by atoms with Crippen LogP contribution in [0.25, 0.3) is 0 Å². The molecule has 1 N–H and O–H groups in total. The highest BCUT2D eigenvalue weighted by molar-refractivity contribution is 7.92. The Labute approximate surface area is 268 Å². The molecule has 0 aliphatic heterocycles. The minimum Gasteiger partial charge on any atom is -0.354 e. The van der Waals surface area contributed by atoms with Gasteiger partial charge in [0.2, 0.25) is 11.8 Å². The second kappa shape index (κ2) is 15.5. The number of nitrogens with zero attached hydrogens (tertiary/aromatic N) is 2. The average Bonchev–Trinajstić information content (AvgIpc) is 3.03. The third-order valence-electron chi connectivity index (χ3n) is 7.81. The Morgan fingerprint density at radius 2 is 1.40 bits per heavy atom. The van der Waals surface area contributed by atoms with Crippen LogP contribution in [-0.2, 0) is 32.6 Å². The van der Waals surface area contributed by atoms with Crippen molar-refractivity contribution < 1.29 is 18.0 Å². The van der Waals surface area contributed by atoms with Gasteiger partial charge < -0.3 is 10.2 Å². The fourth-order valence-corrected chi connectivity index (χ4v) is 6.77. The van der Waals surface area contributed by atoms with Gasteiger partial charge in [-0.1, -0.05) is 109 Å². The predicted molar refractivity (Wildman–Crippen MR) is 180 cm³/mol. The first kappa shape index (κ1) is 33.5. The molecule has 236 valence electrons. The molecule has 0 aliphatic rings. The molecule has 0 heterocycles. The van der Waals surface area contributed by atoms with Crippen molar-refractivity contribution in [2.75, 3.05) is 17.4 Å². The molecule has 0 spiro atoms. The van der Waals surface area contributed by atoms with Gasteiger partial charge in [0.15, 0.2) is 0 Å². The normalized spacial score (nSPS) is 11.9. The molecule has 0 fully saturated rings. The summed E-state index contributed by atoms with van der Waals surface area (Å²) in [5, 5.41) is 3.03. The number of hydrogen-bond donors (Lipinski definition) is 1. The smallest absolute Gasteiger partial charge is 0.264 e. The highest BCUT2D eigenvalue weighted by Gasteiger charge is 2.35. The van der Waals surface area contributed by atoms with E-state index in [1.807, 2.05) is 87.5 Å². The van der Waals surface area contributed by atoms with Crippen LogP contribution in [0.15, 0.2) is 108 Å². The van der Waals surface area contributed by atoms with E-state index in [4.69, 9.17) is 0 Å². The van der Waals surface area contributed by atoms with Crippen molar-refractivity contribution in [2.24, 2.45) is 0 Å². The number of nitrogens with one attached hydrogen (secondary N) is 1. The lowest BCUT2D eigenvalue weighted by atomic mass is 10.0. The number of carbonyl (C=O) groups excluding carboxylic acids is 2. The molecule has 1 atom stereocenters. The number of aryl methyl sites for hydroxylation is 3. The standard InChI is InChI=1S/C37H43N3O4S/c1-5-6-23-38-37(42)35(25-31-13-9-7-10-14-31)39(26-32-20-17-28(2)18-21-32)36(41)27-40(34-22-19-29(3)24-30(34)4)45(43,44)33-15-11-8-12-16-33/h7-22,24,35H,5-6,23,25-27H2,1-4H3,(H,38,42)/t35-/m1/s1. The Morgan fingerprint density at radius 1 is 0.778 bits per heavy atom. The van der Waals surface area contributed by atoms with Gasteiger partial charge in [0.1, 0.15) is 12.6 Å². The predicted octanol–water partition coefficient (Wildman–Crippen LogP) is 6.36. The van der Waals surface area contributed by atoms with Crippen molar-refractivity contribution in [3.05, 3.63) is 131 Å². The maximum atomic E-state index is 14.6. The van der Waals surface area contributed by atoms with Gasteiger partial charge >= 0.3 is 0 Å². The molecule has 4 aromatic carbocycles. The summed E-state index contributed by atoms with van der Waals surface area (Å²) in [4.78, 5) is 30.0. The lowest BCUT2D eigenvalue weighted by molar-refractivity contribution is -0.140. The fraction of sp³-hybridized carbons (Fsp3) is 0.297. The number of benzene rings is 4. The van der Waals surface area contributed by atoms with Crippen LogP contribution in [0, 0.1) is 20.8 Å². The van der Waals surface area contributed by atoms with Crippen LogP contribution in [0.3, 0.4) is 0 Å². The van der Waals surface area contributed by atoms with E-state index in [2.05, 4.69) is 12.2 Å². The van der Waals surface area contributed by atoms with Gasteiger partial charge in [-0.2, -0.15) is 0 Å². The van der Waals surface area contributed by atoms with E-state index in [0.29, 0.717) is 12.2 Å². The van der Waals surface area contributed by atoms with Crippen LogP contribution in [-0.4, -0.2) is 44.3 Å². The van der Waals surface area contributed by atoms with Gasteiger partial charge in [-0.15, -0.1) is 0 Å². The van der Waals surface area contributed by atoms with Crippen molar-refractivity contribution in [1.29, 1.82) is 0 Å². The average molecular weight is 626 g/mol. The van der Waals surface area contributed by atoms with Crippen molar-refractivity contribution in [3.8, 4) is 0 Å². The Bertz CT molecular complexity index is 1670. The molecular formula is C37H43N3O4S. The summed E-state index contributed by atoms with van der Waals surface area (Å²) in [6, 6.07) is 30.1. The Balaban J connectivity index is 1.80. The van der Waals surface area contributed by atoms with Gasteiger partial charge in [-0.05, 0) is 62.1 Å². The molecule has 0 aliphatic carbocycles. The molecule has 0 saturated heterocycles. The van der Waals surface area contributed by atoms with Crippen LogP contribution >= 0.6 is 0 Å². The van der Waals surface area contributed by atoms with Crippen LogP contribution in [0.1, 0.15) is 47.6 Å². The highest BCUT2D eigenvalue weighted by Crippen LogP contribution is 2.28. The van der Waals surface area contributed by atoms with Crippen molar-refractivity contribution in [3.63, 3.8) is 0 Å². The van der Waals surface area contributed by atoms with Crippen molar-refractivity contribution in [2.45, 2.75) is 64.4 Å². The van der Waals surface area contributed by atoms with Crippen LogP contribution in [0.4, 0.5) is 5.69 Å². The van der Waals surface area contributed by atoms with Crippen molar-refractivity contribution in [1.82, 2.24) is 10.2 Å². The fourth-order valence-electron chi connectivity index (χ4n) is 5.27. The molecule has 2 amide bonds. The summed E-state index contributed by atoms with van der Waals surface area (Å²) in [5.41, 5.74) is 4.94. The summed E-state index contributed by atoms with van der Waals surface area (Å²) in [6.07, 6.45) is 2.01. The maximum Gasteiger partial charge on any atom is 0.264 e. The topological polar surface area (TPSA) is 86.8 Å². The van der Waals surface area contributed by atoms with Gasteiger partial charge in [0, 0.05) is 19.5 Å². The molecule has 0 radical (unpaired) electrons. The minimum atomic E-state index is -4.13. The highest BCUT2D eigenvalue weighted by atomic mass is 32.2. The molecular weight excluding hydrogens is 582 g/mol. The summed E-state index contributed by atoms with van der Waals surface area (Å²) in [6.45, 7) is 7.98. The molecule has 0 aromatic heterocycles. The van der Waals surface area contributed by atoms with Crippen LogP contribution < -0.4 is 9.62 Å². The molecule has 4 rings (SSSR count). The van der Waals surface area contributed by atoms with Crippen molar-refractivity contribution >= 4 is 27.5 Å². The van der Waals surface area contributed by atoms with E-state index in [1.54, 1.807) is 24.3 Å². The Morgan fingerprint density at radius 3 is 2.02 bits per heavy atom. The van der Waals surface area contributed by atoms with Gasteiger partial charge in [-0.25, -0.2) is 8.42 Å². The second-order valence-electron chi connectivity index (χ2n) is 11.5. The zero-order valence-electron chi connectivity index (χ0n) is 26.6. The maximum absolute atomic E-state index is 14.6. The largest absolute Gasteiger partial charge is 0.354 e. The summed E-state index contributed by atoms with van der Waals surface area (Å²) >= 11 is 0. The van der Waals surface area contributed by atoms with Gasteiger partial charge in [0.05, 0.1) is 10.6 Å². The molecule has 0 bridgehead atoms. The van der Waals surface area contributed by atoms with E-state index in [1.165, 1.54) is 21.3 Å². The third-order valence-corrected chi connectivity index (χ3v) is 9.58. The quantitative estimate of drug-likeness (QED) is 0.165. The number of carbonyl (C=O) groups is 2. The Kier molecular flexibility index (Phi) is 11.5. The minimum absolute atomic E-state index is 0.0843. The molecule has 45 heavy (non-hydrogen) atoms. The van der Waals surface area contributed by atoms with E-state index >= 15 is 0 Å².